The number of pyridine rings is 1. The van der Waals surface area contributed by atoms with Crippen molar-refractivity contribution in [3.8, 4) is 0 Å². The number of hydrogen-bond donors (Lipinski definition) is 0. The lowest BCUT2D eigenvalue weighted by Gasteiger charge is -2.04. The first-order valence-electron chi connectivity index (χ1n) is 3.15. The average molecular weight is 317 g/mol. The van der Waals surface area contributed by atoms with E-state index in [0.717, 1.165) is 6.07 Å². The number of aromatic nitrogens is 1. The number of aldehydes is 1. The van der Waals surface area contributed by atoms with Gasteiger partial charge >= 0.3 is 0 Å². The van der Waals surface area contributed by atoms with Gasteiger partial charge in [0, 0.05) is 5.56 Å². The number of nitrogens with zero attached hydrogens (tertiary/aromatic N) is 1. The molecule has 1 aromatic heterocycles. The SMILES string of the molecule is O=Cc1c(C(F)F)cc(Cl)nc1I. The van der Waals surface area contributed by atoms with Crippen molar-refractivity contribution < 1.29 is 13.6 Å². The van der Waals surface area contributed by atoms with Gasteiger partial charge in [-0.15, -0.1) is 0 Å². The van der Waals surface area contributed by atoms with Crippen molar-refractivity contribution in [1.29, 1.82) is 0 Å². The number of alkyl halides is 2. The summed E-state index contributed by atoms with van der Waals surface area (Å²) in [5.74, 6) is 0. The predicted molar refractivity (Wildman–Crippen MR) is 52.3 cm³/mol. The van der Waals surface area contributed by atoms with Gasteiger partial charge in [-0.25, -0.2) is 13.8 Å². The Hall–Kier alpha value is -0.300. The lowest BCUT2D eigenvalue weighted by Crippen LogP contribution is -1.99. The van der Waals surface area contributed by atoms with Crippen molar-refractivity contribution in [3.63, 3.8) is 0 Å². The summed E-state index contributed by atoms with van der Waals surface area (Å²) >= 11 is 7.14. The summed E-state index contributed by atoms with van der Waals surface area (Å²) in [5.41, 5.74) is -0.473. The summed E-state index contributed by atoms with van der Waals surface area (Å²) in [6.07, 6.45) is -2.36. The quantitative estimate of drug-likeness (QED) is 0.477. The van der Waals surface area contributed by atoms with E-state index in [1.165, 1.54) is 0 Å². The maximum Gasteiger partial charge on any atom is 0.264 e. The lowest BCUT2D eigenvalue weighted by molar-refractivity contribution is 0.110. The molecule has 0 aliphatic carbocycles. The number of rotatable bonds is 2. The van der Waals surface area contributed by atoms with Gasteiger partial charge in [0.25, 0.3) is 6.43 Å². The number of halogens is 4. The minimum absolute atomic E-state index is 0.0368. The molecule has 0 bridgehead atoms. The second-order valence-corrected chi connectivity index (χ2v) is 3.57. The highest BCUT2D eigenvalue weighted by molar-refractivity contribution is 14.1. The van der Waals surface area contributed by atoms with Crippen LogP contribution in [0.5, 0.6) is 0 Å². The normalized spacial score (nSPS) is 10.5. The first-order valence-corrected chi connectivity index (χ1v) is 4.61. The van der Waals surface area contributed by atoms with Crippen LogP contribution in [0.4, 0.5) is 8.78 Å². The second kappa shape index (κ2) is 4.28. The Morgan fingerprint density at radius 1 is 1.62 bits per heavy atom. The van der Waals surface area contributed by atoms with E-state index < -0.39 is 6.43 Å². The molecule has 1 heterocycles. The first-order chi connectivity index (χ1) is 6.06. The monoisotopic (exact) mass is 317 g/mol. The Kier molecular flexibility index (Phi) is 3.55. The molecular weight excluding hydrogens is 314 g/mol. The van der Waals surface area contributed by atoms with Crippen LogP contribution in [0.1, 0.15) is 22.3 Å². The van der Waals surface area contributed by atoms with Crippen LogP contribution in [0.3, 0.4) is 0 Å². The molecule has 2 nitrogen and oxygen atoms in total. The topological polar surface area (TPSA) is 30.0 Å². The van der Waals surface area contributed by atoms with E-state index in [4.69, 9.17) is 11.6 Å². The molecule has 0 fully saturated rings. The Morgan fingerprint density at radius 2 is 2.23 bits per heavy atom. The highest BCUT2D eigenvalue weighted by Gasteiger charge is 2.16. The molecule has 0 saturated carbocycles. The van der Waals surface area contributed by atoms with Crippen molar-refractivity contribution in [3.05, 3.63) is 26.0 Å². The van der Waals surface area contributed by atoms with Gasteiger partial charge in [0.2, 0.25) is 0 Å². The molecular formula is C7H3ClF2INO. The molecule has 1 rings (SSSR count). The van der Waals surface area contributed by atoms with Gasteiger partial charge in [-0.3, -0.25) is 4.79 Å². The Bertz CT molecular complexity index is 346. The third-order valence-electron chi connectivity index (χ3n) is 1.37. The molecule has 0 aliphatic rings. The zero-order chi connectivity index (χ0) is 10.0. The van der Waals surface area contributed by atoms with Crippen LogP contribution >= 0.6 is 34.2 Å². The molecule has 0 spiro atoms. The van der Waals surface area contributed by atoms with Crippen molar-refractivity contribution in [1.82, 2.24) is 4.98 Å². The van der Waals surface area contributed by atoms with E-state index in [1.54, 1.807) is 22.6 Å². The van der Waals surface area contributed by atoms with E-state index in [-0.39, 0.29) is 20.0 Å². The van der Waals surface area contributed by atoms with Crippen LogP contribution in [-0.2, 0) is 0 Å². The minimum Gasteiger partial charge on any atom is -0.298 e. The number of hydrogen-bond acceptors (Lipinski definition) is 2. The molecule has 0 amide bonds. The minimum atomic E-state index is -2.71. The molecule has 70 valence electrons. The summed E-state index contributed by atoms with van der Waals surface area (Å²) in [7, 11) is 0. The molecule has 0 unspecified atom stereocenters. The van der Waals surface area contributed by atoms with Crippen LogP contribution < -0.4 is 0 Å². The molecule has 13 heavy (non-hydrogen) atoms. The van der Waals surface area contributed by atoms with Gasteiger partial charge in [0.15, 0.2) is 6.29 Å². The third kappa shape index (κ3) is 2.34. The number of carbonyl (C=O) groups excluding carboxylic acids is 1. The molecule has 0 saturated heterocycles. The fourth-order valence-corrected chi connectivity index (χ4v) is 1.85. The van der Waals surface area contributed by atoms with Gasteiger partial charge in [-0.05, 0) is 28.7 Å². The molecule has 0 N–H and O–H groups in total. The van der Waals surface area contributed by atoms with E-state index in [1.807, 2.05) is 0 Å². The summed E-state index contributed by atoms with van der Waals surface area (Å²) in [5, 5.41) is -0.0368. The van der Waals surface area contributed by atoms with Gasteiger partial charge in [-0.1, -0.05) is 11.6 Å². The van der Waals surface area contributed by atoms with Gasteiger partial charge in [0.05, 0.1) is 5.56 Å². The van der Waals surface area contributed by atoms with Crippen LogP contribution in [0.25, 0.3) is 0 Å². The molecule has 0 radical (unpaired) electrons. The standard InChI is InChI=1S/C7H3ClF2INO/c8-5-1-3(6(9)10)4(2-13)7(11)12-5/h1-2,6H. The summed E-state index contributed by atoms with van der Waals surface area (Å²) in [4.78, 5) is 14.1. The maximum absolute atomic E-state index is 12.3. The Morgan fingerprint density at radius 3 is 2.69 bits per heavy atom. The fourth-order valence-electron chi connectivity index (χ4n) is 0.809. The maximum atomic E-state index is 12.3. The molecule has 0 aliphatic heterocycles. The molecule has 6 heteroatoms. The number of carbonyl (C=O) groups is 1. The predicted octanol–water partition coefficient (Wildman–Crippen LogP) is 3.09. The average Bonchev–Trinajstić information content (AvgIpc) is 2.02. The van der Waals surface area contributed by atoms with Gasteiger partial charge in [-0.2, -0.15) is 0 Å². The van der Waals surface area contributed by atoms with Crippen LogP contribution in [0.15, 0.2) is 6.07 Å². The third-order valence-corrected chi connectivity index (χ3v) is 2.38. The zero-order valence-corrected chi connectivity index (χ0v) is 9.01. The van der Waals surface area contributed by atoms with Crippen molar-refractivity contribution in [2.45, 2.75) is 6.43 Å². The summed E-state index contributed by atoms with van der Waals surface area (Å²) in [6, 6.07) is 0.998. The molecule has 0 atom stereocenters. The van der Waals surface area contributed by atoms with Crippen LogP contribution in [0.2, 0.25) is 5.15 Å². The summed E-state index contributed by atoms with van der Waals surface area (Å²) in [6.45, 7) is 0. The highest BCUT2D eigenvalue weighted by atomic mass is 127. The van der Waals surface area contributed by atoms with E-state index >= 15 is 0 Å². The zero-order valence-electron chi connectivity index (χ0n) is 6.10. The Labute approximate surface area is 91.4 Å². The van der Waals surface area contributed by atoms with E-state index in [2.05, 4.69) is 4.98 Å². The lowest BCUT2D eigenvalue weighted by atomic mass is 10.2. The highest BCUT2D eigenvalue weighted by Crippen LogP contribution is 2.26. The second-order valence-electron chi connectivity index (χ2n) is 2.16. The van der Waals surface area contributed by atoms with Crippen LogP contribution in [-0.4, -0.2) is 11.3 Å². The van der Waals surface area contributed by atoms with Crippen molar-refractivity contribution in [2.24, 2.45) is 0 Å². The summed E-state index contributed by atoms with van der Waals surface area (Å²) < 4.78 is 24.8. The van der Waals surface area contributed by atoms with Crippen molar-refractivity contribution in [2.75, 3.05) is 0 Å². The smallest absolute Gasteiger partial charge is 0.264 e. The Balaban J connectivity index is 3.38. The largest absolute Gasteiger partial charge is 0.298 e. The van der Waals surface area contributed by atoms with E-state index in [0.29, 0.717) is 6.29 Å². The van der Waals surface area contributed by atoms with Gasteiger partial charge < -0.3 is 0 Å². The van der Waals surface area contributed by atoms with Gasteiger partial charge in [0.1, 0.15) is 8.85 Å². The van der Waals surface area contributed by atoms with Crippen molar-refractivity contribution >= 4 is 40.5 Å². The first kappa shape index (κ1) is 10.8. The van der Waals surface area contributed by atoms with E-state index in [9.17, 15) is 13.6 Å². The van der Waals surface area contributed by atoms with Crippen LogP contribution in [0, 0.1) is 3.70 Å². The molecule has 0 aromatic carbocycles. The fraction of sp³-hybridized carbons (Fsp3) is 0.143. The molecule has 1 aromatic rings.